The molecule has 0 aromatic carbocycles. The molecule has 8 nitrogen and oxygen atoms in total. The van der Waals surface area contributed by atoms with Gasteiger partial charge in [-0.25, -0.2) is 4.79 Å². The third-order valence-corrected chi connectivity index (χ3v) is 11.5. The topological polar surface area (TPSA) is 95.0 Å². The average molecular weight is 629 g/mol. The SMILES string of the molecule is C=C1CC[C@@H]2[C@](C)(COC(C)=O)[C@H](OC(C)=O)CC[C@@]2(C)[C@@H]1C[C@H](SC(=S)N(CC)Cc1ccncc1)C1=CCOC1=O. The maximum atomic E-state index is 12.9. The minimum Gasteiger partial charge on any atom is -0.465 e. The lowest BCUT2D eigenvalue weighted by atomic mass is 9.46. The fraction of sp³-hybridized carbons (Fsp3) is 0.606. The quantitative estimate of drug-likeness (QED) is 0.132. The Morgan fingerprint density at radius 2 is 1.95 bits per heavy atom. The number of cyclic esters (lactones) is 1. The summed E-state index contributed by atoms with van der Waals surface area (Å²) in [5.74, 6) is -0.794. The van der Waals surface area contributed by atoms with Gasteiger partial charge in [0.15, 0.2) is 0 Å². The molecule has 1 aromatic heterocycles. The van der Waals surface area contributed by atoms with Crippen molar-refractivity contribution in [1.82, 2.24) is 9.88 Å². The van der Waals surface area contributed by atoms with Crippen molar-refractivity contribution >= 4 is 46.2 Å². The van der Waals surface area contributed by atoms with Crippen molar-refractivity contribution in [3.63, 3.8) is 0 Å². The molecule has 0 unspecified atom stereocenters. The number of pyridine rings is 1. The highest BCUT2D eigenvalue weighted by Gasteiger charge is 2.60. The molecule has 0 radical (unpaired) electrons. The van der Waals surface area contributed by atoms with Gasteiger partial charge in [0, 0.05) is 50.0 Å². The fourth-order valence-electron chi connectivity index (χ4n) is 7.55. The van der Waals surface area contributed by atoms with E-state index in [0.29, 0.717) is 25.0 Å². The van der Waals surface area contributed by atoms with Gasteiger partial charge in [0.25, 0.3) is 0 Å². The molecule has 0 spiro atoms. The zero-order valence-electron chi connectivity index (χ0n) is 25.9. The molecule has 6 atom stereocenters. The van der Waals surface area contributed by atoms with Crippen LogP contribution in [0, 0.1) is 22.7 Å². The summed E-state index contributed by atoms with van der Waals surface area (Å²) in [5.41, 5.74) is 2.15. The van der Waals surface area contributed by atoms with Crippen LogP contribution in [0.2, 0.25) is 0 Å². The molecular weight excluding hydrogens is 585 g/mol. The van der Waals surface area contributed by atoms with Gasteiger partial charge < -0.3 is 19.1 Å². The van der Waals surface area contributed by atoms with Crippen LogP contribution in [-0.2, 0) is 35.1 Å². The van der Waals surface area contributed by atoms with Gasteiger partial charge in [-0.3, -0.25) is 14.6 Å². The number of carbonyl (C=O) groups excluding carboxylic acids is 3. The van der Waals surface area contributed by atoms with Gasteiger partial charge >= 0.3 is 17.9 Å². The summed E-state index contributed by atoms with van der Waals surface area (Å²) in [4.78, 5) is 43.2. The minimum absolute atomic E-state index is 0.0751. The van der Waals surface area contributed by atoms with Crippen LogP contribution in [0.1, 0.15) is 72.3 Å². The Hall–Kier alpha value is -2.72. The van der Waals surface area contributed by atoms with E-state index in [2.05, 4.69) is 37.2 Å². The third kappa shape index (κ3) is 7.33. The highest BCUT2D eigenvalue weighted by Crippen LogP contribution is 2.63. The maximum absolute atomic E-state index is 12.9. The number of hydrogen-bond acceptors (Lipinski definition) is 9. The van der Waals surface area contributed by atoms with E-state index in [1.54, 1.807) is 24.2 Å². The largest absolute Gasteiger partial charge is 0.465 e. The van der Waals surface area contributed by atoms with Crippen LogP contribution in [0.25, 0.3) is 0 Å². The summed E-state index contributed by atoms with van der Waals surface area (Å²) in [5, 5.41) is -0.211. The Labute approximate surface area is 265 Å². The number of carbonyl (C=O) groups is 3. The van der Waals surface area contributed by atoms with Gasteiger partial charge in [0.1, 0.15) is 23.6 Å². The van der Waals surface area contributed by atoms with E-state index in [1.165, 1.54) is 13.8 Å². The minimum atomic E-state index is -0.559. The molecule has 2 fully saturated rings. The normalized spacial score (nSPS) is 29.1. The van der Waals surface area contributed by atoms with Gasteiger partial charge in [-0.2, -0.15) is 0 Å². The monoisotopic (exact) mass is 628 g/mol. The number of nitrogens with zero attached hydrogens (tertiary/aromatic N) is 2. The predicted molar refractivity (Wildman–Crippen MR) is 171 cm³/mol. The molecule has 1 aliphatic heterocycles. The molecule has 10 heteroatoms. The number of aromatic nitrogens is 1. The molecule has 0 saturated heterocycles. The second-order valence-electron chi connectivity index (χ2n) is 12.5. The van der Waals surface area contributed by atoms with Crippen molar-refractivity contribution in [2.75, 3.05) is 19.8 Å². The Morgan fingerprint density at radius 3 is 2.56 bits per heavy atom. The summed E-state index contributed by atoms with van der Waals surface area (Å²) in [6.07, 6.45) is 8.90. The van der Waals surface area contributed by atoms with Crippen LogP contribution in [0.3, 0.4) is 0 Å². The molecule has 4 rings (SSSR count). The molecule has 43 heavy (non-hydrogen) atoms. The Balaban J connectivity index is 1.63. The van der Waals surface area contributed by atoms with E-state index < -0.39 is 5.41 Å². The molecule has 0 N–H and O–H groups in total. The molecule has 3 aliphatic rings. The number of esters is 3. The van der Waals surface area contributed by atoms with Crippen molar-refractivity contribution in [3.8, 4) is 0 Å². The Morgan fingerprint density at radius 1 is 1.23 bits per heavy atom. The van der Waals surface area contributed by atoms with E-state index in [9.17, 15) is 14.4 Å². The van der Waals surface area contributed by atoms with Crippen LogP contribution < -0.4 is 0 Å². The Kier molecular flexibility index (Phi) is 10.7. The zero-order valence-corrected chi connectivity index (χ0v) is 27.6. The van der Waals surface area contributed by atoms with E-state index in [0.717, 1.165) is 41.3 Å². The number of rotatable bonds is 10. The summed E-state index contributed by atoms with van der Waals surface area (Å²) >= 11 is 7.54. The fourth-order valence-corrected chi connectivity index (χ4v) is 9.29. The summed E-state index contributed by atoms with van der Waals surface area (Å²) < 4.78 is 17.6. The second kappa shape index (κ2) is 13.9. The molecule has 234 valence electrons. The van der Waals surface area contributed by atoms with Crippen LogP contribution in [-0.4, -0.2) is 63.2 Å². The molecule has 1 aromatic rings. The van der Waals surface area contributed by atoms with Gasteiger partial charge in [0.05, 0.1) is 5.57 Å². The predicted octanol–water partition coefficient (Wildman–Crippen LogP) is 6.05. The summed E-state index contributed by atoms with van der Waals surface area (Å²) in [6, 6.07) is 3.96. The number of thiocarbonyl (C=S) groups is 1. The second-order valence-corrected chi connectivity index (χ2v) is 14.3. The van der Waals surface area contributed by atoms with Gasteiger partial charge in [-0.05, 0) is 80.1 Å². The standard InChI is InChI=1S/C33H44N2O6S2/c1-7-35(19-24-11-15-34-16-12-24)31(42)43-27(25-13-17-39-30(25)38)18-26-21(2)8-9-28-32(26,5)14-10-29(41-23(4)37)33(28,6)20-40-22(3)36/h11-13,15-16,26-29H,2,7-10,14,17-20H2,1,3-6H3/t26-,27+,28+,29-,32+,33+/m1/s1. The number of fused-ring (bicyclic) bond motifs is 1. The Bertz CT molecular complexity index is 1270. The smallest absolute Gasteiger partial charge is 0.335 e. The van der Waals surface area contributed by atoms with Crippen molar-refractivity contribution in [3.05, 3.63) is 53.9 Å². The molecule has 0 amide bonds. The van der Waals surface area contributed by atoms with Crippen LogP contribution in [0.5, 0.6) is 0 Å². The molecule has 0 bridgehead atoms. The van der Waals surface area contributed by atoms with E-state index >= 15 is 0 Å². The first-order valence-corrected chi connectivity index (χ1v) is 16.4. The van der Waals surface area contributed by atoms with Crippen LogP contribution >= 0.6 is 24.0 Å². The molecule has 2 aliphatic carbocycles. The summed E-state index contributed by atoms with van der Waals surface area (Å²) in [6.45, 7) is 15.7. The molecule has 2 heterocycles. The molecular formula is C33H44N2O6S2. The number of hydrogen-bond donors (Lipinski definition) is 0. The van der Waals surface area contributed by atoms with Gasteiger partial charge in [0.2, 0.25) is 0 Å². The maximum Gasteiger partial charge on any atom is 0.335 e. The average Bonchev–Trinajstić information content (AvgIpc) is 3.39. The lowest BCUT2D eigenvalue weighted by Gasteiger charge is -2.60. The first-order chi connectivity index (χ1) is 20.4. The van der Waals surface area contributed by atoms with E-state index in [1.807, 2.05) is 18.2 Å². The van der Waals surface area contributed by atoms with Crippen molar-refractivity contribution < 1.29 is 28.6 Å². The summed E-state index contributed by atoms with van der Waals surface area (Å²) in [7, 11) is 0. The lowest BCUT2D eigenvalue weighted by Crippen LogP contribution is -2.59. The van der Waals surface area contributed by atoms with Gasteiger partial charge in [-0.1, -0.05) is 50.0 Å². The van der Waals surface area contributed by atoms with E-state index in [-0.39, 0.29) is 59.7 Å². The van der Waals surface area contributed by atoms with E-state index in [4.69, 9.17) is 26.4 Å². The van der Waals surface area contributed by atoms with Crippen molar-refractivity contribution in [2.24, 2.45) is 22.7 Å². The highest BCUT2D eigenvalue weighted by atomic mass is 32.2. The first kappa shape index (κ1) is 33.2. The van der Waals surface area contributed by atoms with Gasteiger partial charge in [-0.15, -0.1) is 0 Å². The van der Waals surface area contributed by atoms with Crippen molar-refractivity contribution in [1.29, 1.82) is 0 Å². The third-order valence-electron chi connectivity index (χ3n) is 9.77. The van der Waals surface area contributed by atoms with Crippen molar-refractivity contribution in [2.45, 2.75) is 84.6 Å². The van der Waals surface area contributed by atoms with Crippen LogP contribution in [0.15, 0.2) is 48.3 Å². The highest BCUT2D eigenvalue weighted by molar-refractivity contribution is 8.23. The number of thioether (sulfide) groups is 1. The number of allylic oxidation sites excluding steroid dienone is 1. The van der Waals surface area contributed by atoms with Crippen LogP contribution in [0.4, 0.5) is 0 Å². The molecule has 2 saturated carbocycles. The number of ether oxygens (including phenoxy) is 3. The zero-order chi connectivity index (χ0) is 31.4. The first-order valence-electron chi connectivity index (χ1n) is 15.1. The lowest BCUT2D eigenvalue weighted by molar-refractivity contribution is -0.191.